The van der Waals surface area contributed by atoms with Crippen molar-refractivity contribution in [1.82, 2.24) is 0 Å². The molecule has 0 saturated carbocycles. The lowest BCUT2D eigenvalue weighted by Gasteiger charge is -2.30. The average Bonchev–Trinajstić information content (AvgIpc) is 2.70. The molecule has 2 aromatic rings. The van der Waals surface area contributed by atoms with E-state index in [0.29, 0.717) is 35.7 Å². The summed E-state index contributed by atoms with van der Waals surface area (Å²) >= 11 is 0. The number of carbonyl (C=O) groups is 1. The van der Waals surface area contributed by atoms with Crippen molar-refractivity contribution in [3.63, 3.8) is 0 Å². The molecule has 1 aliphatic heterocycles. The summed E-state index contributed by atoms with van der Waals surface area (Å²) in [5, 5.41) is 0. The monoisotopic (exact) mass is 435 g/mol. The summed E-state index contributed by atoms with van der Waals surface area (Å²) in [5.74, 6) is -0.300. The Morgan fingerprint density at radius 1 is 1.23 bits per heavy atom. The van der Waals surface area contributed by atoms with Gasteiger partial charge in [-0.05, 0) is 55.0 Å². The Bertz CT molecular complexity index is 1020. The second kappa shape index (κ2) is 9.47. The number of halogens is 1. The Labute approximate surface area is 176 Å². The second-order valence-corrected chi connectivity index (χ2v) is 9.13. The molecule has 30 heavy (non-hydrogen) atoms. The molecule has 0 radical (unpaired) electrons. The fourth-order valence-electron chi connectivity index (χ4n) is 3.54. The van der Waals surface area contributed by atoms with Gasteiger partial charge in [0, 0.05) is 13.0 Å². The van der Waals surface area contributed by atoms with Gasteiger partial charge in [0.2, 0.25) is 10.0 Å². The second-order valence-electron chi connectivity index (χ2n) is 7.22. The van der Waals surface area contributed by atoms with Gasteiger partial charge < -0.3 is 9.47 Å². The van der Waals surface area contributed by atoms with Crippen LogP contribution in [-0.2, 0) is 39.0 Å². The molecule has 0 bridgehead atoms. The number of nitrogens with zero attached hydrogens (tertiary/aromatic N) is 1. The van der Waals surface area contributed by atoms with Gasteiger partial charge in [-0.2, -0.15) is 0 Å². The standard InChI is InChI=1S/C22H26FNO5S/c1-3-28-21(25)12-11-17-10-9-16(14-19(17)23)15-29-20-8-4-6-18-7-5-13-24(22(18)20)30(2,26)27/h4,6,8-10,14H,3,5,7,11-13,15H2,1-2H3. The number of esters is 1. The van der Waals surface area contributed by atoms with Crippen molar-refractivity contribution in [2.24, 2.45) is 0 Å². The first-order valence-corrected chi connectivity index (χ1v) is 11.8. The molecule has 0 N–H and O–H groups in total. The molecule has 0 unspecified atom stereocenters. The molecular formula is C22H26FNO5S. The van der Waals surface area contributed by atoms with E-state index in [1.165, 1.54) is 16.6 Å². The maximum absolute atomic E-state index is 14.4. The molecule has 162 valence electrons. The fourth-order valence-corrected chi connectivity index (χ4v) is 4.54. The Hall–Kier alpha value is -2.61. The minimum atomic E-state index is -3.42. The van der Waals surface area contributed by atoms with E-state index < -0.39 is 15.8 Å². The number of para-hydroxylation sites is 1. The van der Waals surface area contributed by atoms with Gasteiger partial charge in [0.15, 0.2) is 0 Å². The van der Waals surface area contributed by atoms with Crippen LogP contribution >= 0.6 is 0 Å². The number of ether oxygens (including phenoxy) is 2. The number of anilines is 1. The van der Waals surface area contributed by atoms with E-state index in [-0.39, 0.29) is 25.4 Å². The van der Waals surface area contributed by atoms with Crippen molar-refractivity contribution >= 4 is 21.7 Å². The fraction of sp³-hybridized carbons (Fsp3) is 0.409. The van der Waals surface area contributed by atoms with Gasteiger partial charge in [-0.3, -0.25) is 9.10 Å². The maximum Gasteiger partial charge on any atom is 0.306 e. The van der Waals surface area contributed by atoms with Crippen LogP contribution in [0.4, 0.5) is 10.1 Å². The topological polar surface area (TPSA) is 72.9 Å². The first-order chi connectivity index (χ1) is 14.3. The highest BCUT2D eigenvalue weighted by Crippen LogP contribution is 2.38. The minimum absolute atomic E-state index is 0.100. The molecule has 1 heterocycles. The molecule has 1 aliphatic rings. The van der Waals surface area contributed by atoms with E-state index >= 15 is 0 Å². The van der Waals surface area contributed by atoms with Crippen LogP contribution < -0.4 is 9.04 Å². The molecule has 0 amide bonds. The van der Waals surface area contributed by atoms with Gasteiger partial charge in [0.25, 0.3) is 0 Å². The average molecular weight is 436 g/mol. The lowest BCUT2D eigenvalue weighted by Crippen LogP contribution is -2.34. The van der Waals surface area contributed by atoms with Crippen LogP contribution in [0.5, 0.6) is 5.75 Å². The van der Waals surface area contributed by atoms with Gasteiger partial charge in [0.1, 0.15) is 18.2 Å². The number of hydrogen-bond donors (Lipinski definition) is 0. The molecule has 0 saturated heterocycles. The Morgan fingerprint density at radius 2 is 2.03 bits per heavy atom. The smallest absolute Gasteiger partial charge is 0.306 e. The third-order valence-electron chi connectivity index (χ3n) is 4.96. The summed E-state index contributed by atoms with van der Waals surface area (Å²) in [4.78, 5) is 11.5. The molecular weight excluding hydrogens is 409 g/mol. The van der Waals surface area contributed by atoms with E-state index in [1.54, 1.807) is 25.1 Å². The molecule has 0 atom stereocenters. The number of aryl methyl sites for hydroxylation is 2. The van der Waals surface area contributed by atoms with Crippen LogP contribution in [0.1, 0.15) is 36.5 Å². The highest BCUT2D eigenvalue weighted by atomic mass is 32.2. The number of benzene rings is 2. The Kier molecular flexibility index (Phi) is 6.97. The van der Waals surface area contributed by atoms with Crippen molar-refractivity contribution in [3.05, 3.63) is 58.9 Å². The maximum atomic E-state index is 14.4. The number of rotatable bonds is 8. The predicted molar refractivity (Wildman–Crippen MR) is 113 cm³/mol. The van der Waals surface area contributed by atoms with Crippen LogP contribution in [0.15, 0.2) is 36.4 Å². The molecule has 8 heteroatoms. The summed E-state index contributed by atoms with van der Waals surface area (Å²) in [6.45, 7) is 2.54. The zero-order chi connectivity index (χ0) is 21.7. The summed E-state index contributed by atoms with van der Waals surface area (Å²) in [6, 6.07) is 10.2. The van der Waals surface area contributed by atoms with E-state index in [0.717, 1.165) is 18.4 Å². The van der Waals surface area contributed by atoms with E-state index in [4.69, 9.17) is 9.47 Å². The summed E-state index contributed by atoms with van der Waals surface area (Å²) in [7, 11) is -3.42. The number of carbonyl (C=O) groups excluding carboxylic acids is 1. The van der Waals surface area contributed by atoms with Gasteiger partial charge in [-0.15, -0.1) is 0 Å². The first-order valence-electron chi connectivity index (χ1n) is 9.95. The highest BCUT2D eigenvalue weighted by Gasteiger charge is 2.27. The van der Waals surface area contributed by atoms with Crippen molar-refractivity contribution in [3.8, 4) is 5.75 Å². The molecule has 0 spiro atoms. The number of sulfonamides is 1. The van der Waals surface area contributed by atoms with E-state index in [2.05, 4.69) is 0 Å². The largest absolute Gasteiger partial charge is 0.487 e. The Balaban J connectivity index is 1.72. The number of fused-ring (bicyclic) bond motifs is 1. The molecule has 2 aromatic carbocycles. The van der Waals surface area contributed by atoms with Crippen molar-refractivity contribution in [1.29, 1.82) is 0 Å². The first kappa shape index (κ1) is 22.1. The molecule has 3 rings (SSSR count). The third-order valence-corrected chi connectivity index (χ3v) is 6.12. The predicted octanol–water partition coefficient (Wildman–Crippen LogP) is 3.61. The third kappa shape index (κ3) is 5.30. The molecule has 0 fully saturated rings. The van der Waals surface area contributed by atoms with Gasteiger partial charge in [0.05, 0.1) is 18.6 Å². The summed E-state index contributed by atoms with van der Waals surface area (Å²) in [5.41, 5.74) is 2.54. The van der Waals surface area contributed by atoms with Gasteiger partial charge in [-0.25, -0.2) is 12.8 Å². The zero-order valence-electron chi connectivity index (χ0n) is 17.2. The quantitative estimate of drug-likeness (QED) is 0.593. The highest BCUT2D eigenvalue weighted by molar-refractivity contribution is 7.92. The van der Waals surface area contributed by atoms with Crippen molar-refractivity contribution in [2.45, 2.75) is 39.2 Å². The van der Waals surface area contributed by atoms with Crippen molar-refractivity contribution < 1.29 is 27.1 Å². The molecule has 0 aliphatic carbocycles. The van der Waals surface area contributed by atoms with Crippen LogP contribution in [0.25, 0.3) is 0 Å². The Morgan fingerprint density at radius 3 is 2.73 bits per heavy atom. The lowest BCUT2D eigenvalue weighted by molar-refractivity contribution is -0.143. The van der Waals surface area contributed by atoms with Gasteiger partial charge in [-0.1, -0.05) is 24.3 Å². The normalized spacial score (nSPS) is 13.6. The van der Waals surface area contributed by atoms with Crippen LogP contribution in [-0.4, -0.2) is 33.8 Å². The van der Waals surface area contributed by atoms with Crippen molar-refractivity contribution in [2.75, 3.05) is 23.7 Å². The van der Waals surface area contributed by atoms with Crippen LogP contribution in [0.3, 0.4) is 0 Å². The SMILES string of the molecule is CCOC(=O)CCc1ccc(COc2cccc3c2N(S(C)(=O)=O)CCC3)cc1F. The minimum Gasteiger partial charge on any atom is -0.487 e. The lowest BCUT2D eigenvalue weighted by atomic mass is 10.0. The van der Waals surface area contributed by atoms with E-state index in [1.807, 2.05) is 12.1 Å². The summed E-state index contributed by atoms with van der Waals surface area (Å²) in [6.07, 6.45) is 3.10. The van der Waals surface area contributed by atoms with Crippen LogP contribution in [0, 0.1) is 5.82 Å². The summed E-state index contributed by atoms with van der Waals surface area (Å²) < 4.78 is 50.9. The van der Waals surface area contributed by atoms with Gasteiger partial charge >= 0.3 is 5.97 Å². The van der Waals surface area contributed by atoms with E-state index in [9.17, 15) is 17.6 Å². The zero-order valence-corrected chi connectivity index (χ0v) is 18.0. The number of hydrogen-bond acceptors (Lipinski definition) is 5. The molecule has 6 nitrogen and oxygen atoms in total. The molecule has 0 aromatic heterocycles. The van der Waals surface area contributed by atoms with Crippen LogP contribution in [0.2, 0.25) is 0 Å².